The minimum atomic E-state index is -0.0608. The fourth-order valence-corrected chi connectivity index (χ4v) is 3.53. The highest BCUT2D eigenvalue weighted by Crippen LogP contribution is 2.26. The van der Waals surface area contributed by atoms with E-state index in [4.69, 9.17) is 10.5 Å². The summed E-state index contributed by atoms with van der Waals surface area (Å²) in [7, 11) is 0. The SMILES string of the molecule is CCCC[C@@H]1CN(C(=O)c2cnc(N)nc2-c2ccccc2)C[C@H](C(C)C)O1. The van der Waals surface area contributed by atoms with Crippen molar-refractivity contribution >= 4 is 11.9 Å². The first-order valence-corrected chi connectivity index (χ1v) is 10.1. The van der Waals surface area contributed by atoms with E-state index in [1.54, 1.807) is 6.20 Å². The van der Waals surface area contributed by atoms with E-state index < -0.39 is 0 Å². The second-order valence-corrected chi connectivity index (χ2v) is 7.75. The molecule has 1 saturated heterocycles. The standard InChI is InChI=1S/C22H30N4O2/c1-4-5-11-17-13-26(14-19(28-17)15(2)3)21(27)18-12-24-22(23)25-20(18)16-9-7-6-8-10-16/h6-10,12,15,17,19H,4-5,11,13-14H2,1-3H3,(H2,23,24,25)/t17-,19-/m1/s1. The number of carbonyl (C=O) groups excluding carboxylic acids is 1. The molecule has 0 spiro atoms. The van der Waals surface area contributed by atoms with Gasteiger partial charge in [0.2, 0.25) is 5.95 Å². The molecule has 1 aliphatic heterocycles. The third-order valence-corrected chi connectivity index (χ3v) is 5.19. The maximum atomic E-state index is 13.4. The van der Waals surface area contributed by atoms with Crippen LogP contribution in [0.5, 0.6) is 0 Å². The van der Waals surface area contributed by atoms with Gasteiger partial charge in [0.1, 0.15) is 0 Å². The van der Waals surface area contributed by atoms with Crippen LogP contribution in [0.2, 0.25) is 0 Å². The van der Waals surface area contributed by atoms with Gasteiger partial charge in [-0.3, -0.25) is 4.79 Å². The summed E-state index contributed by atoms with van der Waals surface area (Å²) in [6.45, 7) is 7.62. The van der Waals surface area contributed by atoms with Crippen LogP contribution in [-0.4, -0.2) is 46.1 Å². The summed E-state index contributed by atoms with van der Waals surface area (Å²) in [4.78, 5) is 23.8. The molecule has 0 bridgehead atoms. The average molecular weight is 383 g/mol. The quantitative estimate of drug-likeness (QED) is 0.822. The number of unbranched alkanes of at least 4 members (excludes halogenated alkanes) is 1. The van der Waals surface area contributed by atoms with Gasteiger partial charge in [-0.05, 0) is 12.3 Å². The number of nitrogens with zero attached hydrogens (tertiary/aromatic N) is 3. The van der Waals surface area contributed by atoms with Gasteiger partial charge in [-0.1, -0.05) is 63.9 Å². The maximum Gasteiger partial charge on any atom is 0.257 e. The highest BCUT2D eigenvalue weighted by Gasteiger charge is 2.33. The summed E-state index contributed by atoms with van der Waals surface area (Å²) in [5.41, 5.74) is 7.74. The normalized spacial score (nSPS) is 19.8. The Morgan fingerprint density at radius 1 is 1.29 bits per heavy atom. The van der Waals surface area contributed by atoms with E-state index in [2.05, 4.69) is 30.7 Å². The molecule has 1 amide bonds. The molecule has 0 aliphatic carbocycles. The minimum Gasteiger partial charge on any atom is -0.371 e. The summed E-state index contributed by atoms with van der Waals surface area (Å²) in [5, 5.41) is 0. The van der Waals surface area contributed by atoms with Crippen molar-refractivity contribution in [1.82, 2.24) is 14.9 Å². The van der Waals surface area contributed by atoms with Gasteiger partial charge in [0.15, 0.2) is 0 Å². The van der Waals surface area contributed by atoms with Crippen molar-refractivity contribution in [3.8, 4) is 11.3 Å². The summed E-state index contributed by atoms with van der Waals surface area (Å²) in [5.74, 6) is 0.448. The lowest BCUT2D eigenvalue weighted by Crippen LogP contribution is -2.51. The second kappa shape index (κ2) is 9.15. The summed E-state index contributed by atoms with van der Waals surface area (Å²) >= 11 is 0. The molecule has 0 unspecified atom stereocenters. The molecule has 1 aromatic heterocycles. The van der Waals surface area contributed by atoms with E-state index in [0.29, 0.717) is 30.3 Å². The molecule has 1 fully saturated rings. The van der Waals surface area contributed by atoms with Gasteiger partial charge in [0.25, 0.3) is 5.91 Å². The lowest BCUT2D eigenvalue weighted by atomic mass is 10.0. The fraction of sp³-hybridized carbons (Fsp3) is 0.500. The van der Waals surface area contributed by atoms with Crippen LogP contribution in [0.15, 0.2) is 36.5 Å². The van der Waals surface area contributed by atoms with Gasteiger partial charge in [0, 0.05) is 24.8 Å². The molecule has 2 aromatic rings. The topological polar surface area (TPSA) is 81.3 Å². The average Bonchev–Trinajstić information content (AvgIpc) is 2.72. The Morgan fingerprint density at radius 3 is 2.71 bits per heavy atom. The zero-order valence-corrected chi connectivity index (χ0v) is 17.0. The summed E-state index contributed by atoms with van der Waals surface area (Å²) in [6.07, 6.45) is 4.83. The number of nitrogen functional groups attached to an aromatic ring is 1. The molecule has 2 heterocycles. The van der Waals surface area contributed by atoms with Crippen LogP contribution in [0.1, 0.15) is 50.4 Å². The number of aromatic nitrogens is 2. The third kappa shape index (κ3) is 4.68. The van der Waals surface area contributed by atoms with Crippen LogP contribution in [0.3, 0.4) is 0 Å². The van der Waals surface area contributed by atoms with Crippen LogP contribution in [0.4, 0.5) is 5.95 Å². The van der Waals surface area contributed by atoms with Crippen molar-refractivity contribution < 1.29 is 9.53 Å². The number of morpholine rings is 1. The molecule has 1 aliphatic rings. The zero-order chi connectivity index (χ0) is 20.1. The molecule has 2 atom stereocenters. The highest BCUT2D eigenvalue weighted by molar-refractivity contribution is 5.99. The van der Waals surface area contributed by atoms with Crippen molar-refractivity contribution in [2.45, 2.75) is 52.2 Å². The number of carbonyl (C=O) groups is 1. The van der Waals surface area contributed by atoms with Gasteiger partial charge >= 0.3 is 0 Å². The monoisotopic (exact) mass is 382 g/mol. The lowest BCUT2D eigenvalue weighted by Gasteiger charge is -2.40. The molecule has 3 rings (SSSR count). The van der Waals surface area contributed by atoms with Crippen LogP contribution in [0.25, 0.3) is 11.3 Å². The Labute approximate surface area is 167 Å². The first-order valence-electron chi connectivity index (χ1n) is 10.1. The van der Waals surface area contributed by atoms with Gasteiger partial charge in [-0.15, -0.1) is 0 Å². The summed E-state index contributed by atoms with van der Waals surface area (Å²) in [6, 6.07) is 9.64. The smallest absolute Gasteiger partial charge is 0.257 e. The second-order valence-electron chi connectivity index (χ2n) is 7.75. The number of ether oxygens (including phenoxy) is 1. The molecule has 150 valence electrons. The largest absolute Gasteiger partial charge is 0.371 e. The zero-order valence-electron chi connectivity index (χ0n) is 17.0. The Kier molecular flexibility index (Phi) is 6.62. The van der Waals surface area contributed by atoms with Gasteiger partial charge in [-0.2, -0.15) is 0 Å². The van der Waals surface area contributed by atoms with Crippen molar-refractivity contribution in [2.75, 3.05) is 18.8 Å². The minimum absolute atomic E-state index is 0.0365. The Hall–Kier alpha value is -2.47. The van der Waals surface area contributed by atoms with Gasteiger partial charge in [-0.25, -0.2) is 9.97 Å². The molecule has 28 heavy (non-hydrogen) atoms. The number of rotatable bonds is 6. The van der Waals surface area contributed by atoms with E-state index in [0.717, 1.165) is 24.8 Å². The van der Waals surface area contributed by atoms with Crippen LogP contribution in [-0.2, 0) is 4.74 Å². The maximum absolute atomic E-state index is 13.4. The van der Waals surface area contributed by atoms with Crippen LogP contribution >= 0.6 is 0 Å². The molecule has 6 nitrogen and oxygen atoms in total. The van der Waals surface area contributed by atoms with E-state index >= 15 is 0 Å². The van der Waals surface area contributed by atoms with Crippen molar-refractivity contribution in [2.24, 2.45) is 5.92 Å². The number of hydrogen-bond donors (Lipinski definition) is 1. The summed E-state index contributed by atoms with van der Waals surface area (Å²) < 4.78 is 6.26. The molecular weight excluding hydrogens is 352 g/mol. The van der Waals surface area contributed by atoms with E-state index in [1.807, 2.05) is 35.2 Å². The van der Waals surface area contributed by atoms with Crippen molar-refractivity contribution in [3.63, 3.8) is 0 Å². The van der Waals surface area contributed by atoms with Crippen molar-refractivity contribution in [1.29, 1.82) is 0 Å². The van der Waals surface area contributed by atoms with Crippen molar-refractivity contribution in [3.05, 3.63) is 42.1 Å². The number of nitrogens with two attached hydrogens (primary N) is 1. The Morgan fingerprint density at radius 2 is 2.04 bits per heavy atom. The molecule has 2 N–H and O–H groups in total. The molecule has 0 radical (unpaired) electrons. The number of benzene rings is 1. The molecule has 0 saturated carbocycles. The van der Waals surface area contributed by atoms with Crippen LogP contribution in [0, 0.1) is 5.92 Å². The molecule has 6 heteroatoms. The first-order chi connectivity index (χ1) is 13.5. The van der Waals surface area contributed by atoms with E-state index in [9.17, 15) is 4.79 Å². The lowest BCUT2D eigenvalue weighted by molar-refractivity contribution is -0.0962. The van der Waals surface area contributed by atoms with Crippen LogP contribution < -0.4 is 5.73 Å². The number of amides is 1. The van der Waals surface area contributed by atoms with Gasteiger partial charge < -0.3 is 15.4 Å². The highest BCUT2D eigenvalue weighted by atomic mass is 16.5. The number of anilines is 1. The predicted molar refractivity (Wildman–Crippen MR) is 111 cm³/mol. The predicted octanol–water partition coefficient (Wildman–Crippen LogP) is 3.78. The van der Waals surface area contributed by atoms with E-state index in [-0.39, 0.29) is 24.1 Å². The molecule has 1 aromatic carbocycles. The number of hydrogen-bond acceptors (Lipinski definition) is 5. The Bertz CT molecular complexity index is 794. The third-order valence-electron chi connectivity index (χ3n) is 5.19. The van der Waals surface area contributed by atoms with Gasteiger partial charge in [0.05, 0.1) is 23.5 Å². The van der Waals surface area contributed by atoms with E-state index in [1.165, 1.54) is 0 Å². The Balaban J connectivity index is 1.90. The molecular formula is C22H30N4O2. The fourth-order valence-electron chi connectivity index (χ4n) is 3.53. The first kappa shape index (κ1) is 20.3.